The zero-order valence-electron chi connectivity index (χ0n) is 18.9. The minimum absolute atomic E-state index is 0. The molecule has 0 N–H and O–H groups in total. The molecule has 170 valence electrons. The zero-order valence-corrected chi connectivity index (χ0v) is 20.9. The maximum absolute atomic E-state index is 13.6. The van der Waals surface area contributed by atoms with Gasteiger partial charge in [0.25, 0.3) is 0 Å². The third-order valence-corrected chi connectivity index (χ3v) is 5.49. The number of rotatable bonds is 7. The summed E-state index contributed by atoms with van der Waals surface area (Å²) in [6.07, 6.45) is 0.0138. The molecule has 2 heterocycles. The molecule has 0 saturated heterocycles. The Morgan fingerprint density at radius 2 is 1.63 bits per heavy atom. The van der Waals surface area contributed by atoms with E-state index in [9.17, 15) is 14.7 Å². The molecule has 0 spiro atoms. The minimum atomic E-state index is -1.49. The second kappa shape index (κ2) is 10.3. The fourth-order valence-corrected chi connectivity index (χ4v) is 3.81. The Kier molecular flexibility index (Phi) is 7.20. The van der Waals surface area contributed by atoms with Crippen LogP contribution in [0, 0.1) is 0 Å². The number of ether oxygens (including phenoxy) is 3. The molecule has 10 heteroatoms. The van der Waals surface area contributed by atoms with E-state index in [1.165, 1.54) is 13.2 Å². The summed E-state index contributed by atoms with van der Waals surface area (Å²) in [6.45, 7) is 0.0995. The Labute approximate surface area is 221 Å². The number of carbonyl (C=O) groups is 2. The molecule has 1 aliphatic rings. The molecule has 0 atom stereocenters. The second-order valence-electron chi connectivity index (χ2n) is 7.53. The summed E-state index contributed by atoms with van der Waals surface area (Å²) in [4.78, 5) is 26.0. The smallest absolute Gasteiger partial charge is 0.545 e. The topological polar surface area (TPSA) is 124 Å². The first-order valence-corrected chi connectivity index (χ1v) is 10.3. The Balaban J connectivity index is 0.00000289. The normalized spacial score (nSPS) is 12.6. The van der Waals surface area contributed by atoms with Crippen LogP contribution in [-0.4, -0.2) is 36.0 Å². The van der Waals surface area contributed by atoms with E-state index < -0.39 is 11.8 Å². The van der Waals surface area contributed by atoms with Gasteiger partial charge in [-0.25, -0.2) is 4.63 Å². The molecule has 0 radical (unpaired) electrons. The maximum atomic E-state index is 13.6. The molecule has 9 nitrogen and oxygen atoms in total. The number of carboxylic acids is 1. The van der Waals surface area contributed by atoms with Gasteiger partial charge in [-0.2, -0.15) is 0 Å². The van der Waals surface area contributed by atoms with Crippen LogP contribution in [0.2, 0.25) is 0 Å². The average Bonchev–Trinajstić information content (AvgIpc) is 3.51. The van der Waals surface area contributed by atoms with Crippen molar-refractivity contribution in [1.82, 2.24) is 10.3 Å². The van der Waals surface area contributed by atoms with Gasteiger partial charge in [-0.15, -0.1) is 0 Å². The molecule has 0 amide bonds. The van der Waals surface area contributed by atoms with Crippen LogP contribution in [0.15, 0.2) is 70.9 Å². The van der Waals surface area contributed by atoms with Crippen molar-refractivity contribution in [3.63, 3.8) is 0 Å². The SMILES string of the molecule is COc1ccc(C(=O)/C(Cc2ccc3c(c2)OCO3)=C(/C(=O)[O-])c2ccc3nonc3c2)cc1.[Na+]. The van der Waals surface area contributed by atoms with Crippen LogP contribution >= 0.6 is 0 Å². The van der Waals surface area contributed by atoms with E-state index in [1.54, 1.807) is 54.6 Å². The molecule has 1 aromatic heterocycles. The van der Waals surface area contributed by atoms with E-state index in [2.05, 4.69) is 10.3 Å². The number of hydrogen-bond donors (Lipinski definition) is 0. The van der Waals surface area contributed by atoms with Crippen LogP contribution in [-0.2, 0) is 11.2 Å². The predicted molar refractivity (Wildman–Crippen MR) is 117 cm³/mol. The number of benzene rings is 3. The first kappa shape index (κ1) is 24.5. The summed E-state index contributed by atoms with van der Waals surface area (Å²) in [5.41, 5.74) is 1.84. The van der Waals surface area contributed by atoms with E-state index in [0.717, 1.165) is 0 Å². The first-order valence-electron chi connectivity index (χ1n) is 10.3. The number of fused-ring (bicyclic) bond motifs is 2. The van der Waals surface area contributed by atoms with Crippen molar-refractivity contribution in [3.8, 4) is 17.2 Å². The average molecular weight is 480 g/mol. The van der Waals surface area contributed by atoms with Crippen molar-refractivity contribution in [1.29, 1.82) is 0 Å². The zero-order chi connectivity index (χ0) is 23.7. The van der Waals surface area contributed by atoms with Crippen LogP contribution in [0.4, 0.5) is 0 Å². The largest absolute Gasteiger partial charge is 1.00 e. The first-order chi connectivity index (χ1) is 16.5. The van der Waals surface area contributed by atoms with Crippen LogP contribution in [0.3, 0.4) is 0 Å². The van der Waals surface area contributed by atoms with Crippen LogP contribution in [0.1, 0.15) is 21.5 Å². The third kappa shape index (κ3) is 4.93. The van der Waals surface area contributed by atoms with E-state index in [-0.39, 0.29) is 59.5 Å². The molecule has 0 saturated carbocycles. The molecular formula is C25H17N2NaO7. The summed E-state index contributed by atoms with van der Waals surface area (Å²) in [5, 5.41) is 19.9. The van der Waals surface area contributed by atoms with E-state index in [0.29, 0.717) is 39.4 Å². The number of carbonyl (C=O) groups excluding carboxylic acids is 2. The Hall–Kier alpha value is -3.66. The summed E-state index contributed by atoms with van der Waals surface area (Å²) in [7, 11) is 1.52. The van der Waals surface area contributed by atoms with Gasteiger partial charge in [0.15, 0.2) is 17.3 Å². The van der Waals surface area contributed by atoms with Gasteiger partial charge >= 0.3 is 29.6 Å². The number of carboxylic acid groups (broad SMARTS) is 1. The van der Waals surface area contributed by atoms with Gasteiger partial charge in [-0.3, -0.25) is 4.79 Å². The van der Waals surface area contributed by atoms with Gasteiger partial charge in [0, 0.05) is 23.1 Å². The number of allylic oxidation sites excluding steroid dienone is 1. The summed E-state index contributed by atoms with van der Waals surface area (Å²) >= 11 is 0. The molecule has 1 aliphatic heterocycles. The van der Waals surface area contributed by atoms with E-state index in [1.807, 2.05) is 0 Å². The van der Waals surface area contributed by atoms with Gasteiger partial charge in [-0.1, -0.05) is 12.1 Å². The Morgan fingerprint density at radius 3 is 2.37 bits per heavy atom. The third-order valence-electron chi connectivity index (χ3n) is 5.49. The summed E-state index contributed by atoms with van der Waals surface area (Å²) in [6, 6.07) is 16.2. The molecule has 5 rings (SSSR count). The maximum Gasteiger partial charge on any atom is 1.00 e. The Morgan fingerprint density at radius 1 is 0.914 bits per heavy atom. The summed E-state index contributed by atoms with van der Waals surface area (Å²) < 4.78 is 20.7. The standard InChI is InChI=1S/C25H18N2O7.Na/c1-31-17-6-3-15(4-7-17)24(28)18(10-14-2-9-21-22(11-14)33-13-32-21)23(25(29)30)16-5-8-19-20(12-16)27-34-26-19;/h2-9,11-12H,10,13H2,1H3,(H,29,30);/q;+1/p-1/b23-18+;. The quantitative estimate of drug-likeness (QED) is 0.197. The number of hydrogen-bond acceptors (Lipinski definition) is 9. The molecule has 0 aliphatic carbocycles. The van der Waals surface area contributed by atoms with E-state index >= 15 is 0 Å². The fourth-order valence-electron chi connectivity index (χ4n) is 3.81. The molecule has 0 bridgehead atoms. The summed E-state index contributed by atoms with van der Waals surface area (Å²) in [5.74, 6) is -0.271. The van der Waals surface area contributed by atoms with Crippen molar-refractivity contribution in [2.75, 3.05) is 13.9 Å². The van der Waals surface area contributed by atoms with Crippen LogP contribution in [0.5, 0.6) is 17.2 Å². The van der Waals surface area contributed by atoms with E-state index in [4.69, 9.17) is 18.8 Å². The molecule has 3 aromatic carbocycles. The second-order valence-corrected chi connectivity index (χ2v) is 7.53. The van der Waals surface area contributed by atoms with Gasteiger partial charge < -0.3 is 24.1 Å². The van der Waals surface area contributed by atoms with Gasteiger partial charge in [0.1, 0.15) is 16.8 Å². The van der Waals surface area contributed by atoms with Crippen LogP contribution < -0.4 is 48.9 Å². The van der Waals surface area contributed by atoms with Crippen molar-refractivity contribution in [2.45, 2.75) is 6.42 Å². The van der Waals surface area contributed by atoms with Crippen molar-refractivity contribution in [3.05, 3.63) is 82.9 Å². The van der Waals surface area contributed by atoms with Crippen LogP contribution in [0.25, 0.3) is 16.6 Å². The minimum Gasteiger partial charge on any atom is -0.545 e. The number of aliphatic carboxylic acids is 1. The molecule has 0 fully saturated rings. The van der Waals surface area contributed by atoms with Crippen molar-refractivity contribution < 1.29 is 63.1 Å². The molecular weight excluding hydrogens is 463 g/mol. The van der Waals surface area contributed by atoms with Gasteiger partial charge in [-0.05, 0) is 70.0 Å². The number of ketones is 1. The monoisotopic (exact) mass is 480 g/mol. The predicted octanol–water partition coefficient (Wildman–Crippen LogP) is -0.407. The molecule has 0 unspecified atom stereocenters. The number of methoxy groups -OCH3 is 1. The number of nitrogens with zero attached hydrogens (tertiary/aromatic N) is 2. The number of aromatic nitrogens is 2. The molecule has 4 aromatic rings. The molecule has 35 heavy (non-hydrogen) atoms. The van der Waals surface area contributed by atoms with Crippen molar-refractivity contribution >= 4 is 28.4 Å². The van der Waals surface area contributed by atoms with Gasteiger partial charge in [0.2, 0.25) is 6.79 Å². The fraction of sp³-hybridized carbons (Fsp3) is 0.120. The van der Waals surface area contributed by atoms with Gasteiger partial charge in [0.05, 0.1) is 13.1 Å². The number of Topliss-reactive ketones (excluding diaryl/α,β-unsaturated/α-hetero) is 1. The van der Waals surface area contributed by atoms with Crippen molar-refractivity contribution in [2.24, 2.45) is 0 Å². The Bertz CT molecular complexity index is 1440.